The fraction of sp³-hybridized carbons (Fsp3) is 0.364. The number of nitrogens with zero attached hydrogens (tertiary/aromatic N) is 2. The largest absolute Gasteiger partial charge is 0.476 e. The first-order valence-corrected chi connectivity index (χ1v) is 9.97. The fourth-order valence-corrected chi connectivity index (χ4v) is 4.06. The lowest BCUT2D eigenvalue weighted by Gasteiger charge is -2.37. The minimum Gasteiger partial charge on any atom is -0.476 e. The lowest BCUT2D eigenvalue weighted by atomic mass is 10.1. The second kappa shape index (κ2) is 7.31. The minimum absolute atomic E-state index is 0.0531. The van der Waals surface area contributed by atoms with E-state index in [1.807, 2.05) is 23.1 Å². The summed E-state index contributed by atoms with van der Waals surface area (Å²) < 4.78 is 16.7. The van der Waals surface area contributed by atoms with Crippen LogP contribution in [0.4, 0.5) is 5.69 Å². The molecule has 0 aliphatic carbocycles. The maximum Gasteiger partial charge on any atom is 0.265 e. The van der Waals surface area contributed by atoms with Crippen molar-refractivity contribution in [2.45, 2.75) is 25.4 Å². The number of amides is 2. The molecule has 0 unspecified atom stereocenters. The maximum atomic E-state index is 13.4. The van der Waals surface area contributed by atoms with Gasteiger partial charge in [-0.15, -0.1) is 0 Å². The normalized spacial score (nSPS) is 20.1. The Labute approximate surface area is 168 Å². The number of benzene rings is 2. The van der Waals surface area contributed by atoms with E-state index < -0.39 is 6.10 Å². The first-order chi connectivity index (χ1) is 14.2. The third kappa shape index (κ3) is 3.26. The Morgan fingerprint density at radius 3 is 2.55 bits per heavy atom. The van der Waals surface area contributed by atoms with Gasteiger partial charge in [0.2, 0.25) is 6.79 Å². The highest BCUT2D eigenvalue weighted by atomic mass is 16.7. The average molecular weight is 394 g/mol. The molecule has 1 saturated heterocycles. The molecule has 5 rings (SSSR count). The van der Waals surface area contributed by atoms with E-state index in [0.717, 1.165) is 32.4 Å². The molecular weight excluding hydrogens is 372 g/mol. The van der Waals surface area contributed by atoms with Gasteiger partial charge in [-0.25, -0.2) is 0 Å². The summed E-state index contributed by atoms with van der Waals surface area (Å²) >= 11 is 0. The Balaban J connectivity index is 1.44. The molecule has 3 aliphatic rings. The van der Waals surface area contributed by atoms with Crippen LogP contribution in [0.2, 0.25) is 0 Å². The van der Waals surface area contributed by atoms with Crippen molar-refractivity contribution in [1.82, 2.24) is 4.90 Å². The van der Waals surface area contributed by atoms with Gasteiger partial charge in [-0.2, -0.15) is 0 Å². The third-order valence-corrected chi connectivity index (χ3v) is 5.58. The van der Waals surface area contributed by atoms with Crippen LogP contribution in [0.25, 0.3) is 0 Å². The van der Waals surface area contributed by atoms with Crippen molar-refractivity contribution in [3.63, 3.8) is 0 Å². The summed E-state index contributed by atoms with van der Waals surface area (Å²) in [5, 5.41) is 0. The number of likely N-dealkylation sites (tertiary alicyclic amines) is 1. The van der Waals surface area contributed by atoms with Crippen LogP contribution in [0.15, 0.2) is 42.5 Å². The number of rotatable bonds is 2. The number of anilines is 1. The molecule has 0 bridgehead atoms. The second-order valence-electron chi connectivity index (χ2n) is 7.44. The minimum atomic E-state index is -0.707. The Morgan fingerprint density at radius 1 is 0.897 bits per heavy atom. The standard InChI is InChI=1S/C22H22N2O5/c25-21(15-8-9-18-19(12-15)28-14-27-18)24-13-20(22(26)23-10-4-1-5-11-23)29-17-7-3-2-6-16(17)24/h2-3,6-9,12,20H,1,4-5,10-11,13-14H2/t20-/m0/s1. The van der Waals surface area contributed by atoms with Crippen LogP contribution in [0.1, 0.15) is 29.6 Å². The molecule has 2 amide bonds. The highest BCUT2D eigenvalue weighted by Gasteiger charge is 2.36. The van der Waals surface area contributed by atoms with Crippen molar-refractivity contribution in [3.8, 4) is 17.2 Å². The number of carbonyl (C=O) groups is 2. The average Bonchev–Trinajstić information content (AvgIpc) is 3.26. The first-order valence-electron chi connectivity index (χ1n) is 9.97. The van der Waals surface area contributed by atoms with E-state index in [1.54, 1.807) is 29.2 Å². The highest BCUT2D eigenvalue weighted by molar-refractivity contribution is 6.08. The van der Waals surface area contributed by atoms with Gasteiger partial charge in [0, 0.05) is 18.7 Å². The van der Waals surface area contributed by atoms with Crippen LogP contribution < -0.4 is 19.1 Å². The van der Waals surface area contributed by atoms with Gasteiger partial charge in [-0.1, -0.05) is 12.1 Å². The molecule has 29 heavy (non-hydrogen) atoms. The Hall–Kier alpha value is -3.22. The molecule has 2 aromatic rings. The summed E-state index contributed by atoms with van der Waals surface area (Å²) in [5.74, 6) is 1.47. The number of ether oxygens (including phenoxy) is 3. The molecule has 3 heterocycles. The van der Waals surface area contributed by atoms with Gasteiger partial charge < -0.3 is 24.0 Å². The number of fused-ring (bicyclic) bond motifs is 2. The van der Waals surface area contributed by atoms with Crippen molar-refractivity contribution in [2.75, 3.05) is 31.3 Å². The fourth-order valence-electron chi connectivity index (χ4n) is 4.06. The van der Waals surface area contributed by atoms with Gasteiger partial charge in [0.05, 0.1) is 12.2 Å². The van der Waals surface area contributed by atoms with E-state index in [1.165, 1.54) is 0 Å². The predicted molar refractivity (Wildman–Crippen MR) is 106 cm³/mol. The monoisotopic (exact) mass is 394 g/mol. The molecule has 150 valence electrons. The summed E-state index contributed by atoms with van der Waals surface area (Å²) in [6.45, 7) is 1.83. The maximum absolute atomic E-state index is 13.4. The van der Waals surface area contributed by atoms with Crippen LogP contribution in [0, 0.1) is 0 Å². The molecule has 1 fully saturated rings. The smallest absolute Gasteiger partial charge is 0.265 e. The lowest BCUT2D eigenvalue weighted by Crippen LogP contribution is -2.52. The van der Waals surface area contributed by atoms with E-state index in [0.29, 0.717) is 28.5 Å². The second-order valence-corrected chi connectivity index (χ2v) is 7.44. The lowest BCUT2D eigenvalue weighted by molar-refractivity contribution is -0.139. The topological polar surface area (TPSA) is 68.3 Å². The molecule has 2 aromatic carbocycles. The first kappa shape index (κ1) is 17.8. The molecular formula is C22H22N2O5. The van der Waals surface area contributed by atoms with E-state index in [-0.39, 0.29) is 25.2 Å². The molecule has 7 heteroatoms. The zero-order valence-electron chi connectivity index (χ0n) is 16.0. The quantitative estimate of drug-likeness (QED) is 0.784. The van der Waals surface area contributed by atoms with Crippen molar-refractivity contribution in [3.05, 3.63) is 48.0 Å². The molecule has 0 saturated carbocycles. The van der Waals surface area contributed by atoms with E-state index in [2.05, 4.69) is 0 Å². The van der Waals surface area contributed by atoms with Gasteiger partial charge in [-0.05, 0) is 49.6 Å². The van der Waals surface area contributed by atoms with Crippen LogP contribution in [-0.4, -0.2) is 49.2 Å². The number of para-hydroxylation sites is 2. The zero-order valence-corrected chi connectivity index (χ0v) is 16.0. The Bertz CT molecular complexity index is 954. The van der Waals surface area contributed by atoms with E-state index >= 15 is 0 Å². The van der Waals surface area contributed by atoms with Crippen molar-refractivity contribution in [2.24, 2.45) is 0 Å². The van der Waals surface area contributed by atoms with Gasteiger partial charge >= 0.3 is 0 Å². The predicted octanol–water partition coefficient (Wildman–Crippen LogP) is 2.84. The Morgan fingerprint density at radius 2 is 1.69 bits per heavy atom. The van der Waals surface area contributed by atoms with E-state index in [9.17, 15) is 9.59 Å². The molecule has 1 atom stereocenters. The van der Waals surface area contributed by atoms with E-state index in [4.69, 9.17) is 14.2 Å². The summed E-state index contributed by atoms with van der Waals surface area (Å²) in [7, 11) is 0. The van der Waals surface area contributed by atoms with Crippen LogP contribution in [0.3, 0.4) is 0 Å². The Kier molecular flexibility index (Phi) is 4.50. The summed E-state index contributed by atoms with van der Waals surface area (Å²) in [6, 6.07) is 12.5. The van der Waals surface area contributed by atoms with Crippen molar-refractivity contribution < 1.29 is 23.8 Å². The zero-order chi connectivity index (χ0) is 19.8. The highest BCUT2D eigenvalue weighted by Crippen LogP contribution is 2.37. The van der Waals surface area contributed by atoms with Gasteiger partial charge in [0.15, 0.2) is 17.6 Å². The summed E-state index contributed by atoms with van der Waals surface area (Å²) in [6.07, 6.45) is 2.46. The number of hydrogen-bond donors (Lipinski definition) is 0. The van der Waals surface area contributed by atoms with Crippen LogP contribution >= 0.6 is 0 Å². The van der Waals surface area contributed by atoms with Crippen molar-refractivity contribution in [1.29, 1.82) is 0 Å². The SMILES string of the molecule is O=C([C@@H]1CN(C(=O)c2ccc3c(c2)OCO3)c2ccccc2O1)N1CCCCC1. The van der Waals surface area contributed by atoms with Gasteiger partial charge in [0.1, 0.15) is 5.75 Å². The van der Waals surface area contributed by atoms with Gasteiger partial charge in [-0.3, -0.25) is 9.59 Å². The number of hydrogen-bond acceptors (Lipinski definition) is 5. The molecule has 0 radical (unpaired) electrons. The summed E-state index contributed by atoms with van der Waals surface area (Å²) in [5.41, 5.74) is 1.15. The number of carbonyl (C=O) groups excluding carboxylic acids is 2. The molecule has 7 nitrogen and oxygen atoms in total. The van der Waals surface area contributed by atoms with Gasteiger partial charge in [0.25, 0.3) is 11.8 Å². The summed E-state index contributed by atoms with van der Waals surface area (Å²) in [4.78, 5) is 29.9. The molecule has 0 aromatic heterocycles. The van der Waals surface area contributed by atoms with Crippen LogP contribution in [-0.2, 0) is 4.79 Å². The van der Waals surface area contributed by atoms with Crippen molar-refractivity contribution >= 4 is 17.5 Å². The molecule has 0 spiro atoms. The van der Waals surface area contributed by atoms with Crippen LogP contribution in [0.5, 0.6) is 17.2 Å². The molecule has 0 N–H and O–H groups in total. The molecule has 3 aliphatic heterocycles. The number of piperidine rings is 1. The third-order valence-electron chi connectivity index (χ3n) is 5.58.